The van der Waals surface area contributed by atoms with Crippen molar-refractivity contribution in [3.05, 3.63) is 70.2 Å². The highest BCUT2D eigenvalue weighted by Crippen LogP contribution is 2.29. The standard InChI is InChI=1S/C19H19ClN2O2/c20-15-10-8-14(9-11-15)19(24)21-12-18(23)22-17-7-3-5-13-4-1-2-6-16(13)17/h1-2,4,6,8-11,17H,3,5,7,12H2,(H,21,24)(H,22,23)/t17-/m1/s1. The summed E-state index contributed by atoms with van der Waals surface area (Å²) < 4.78 is 0. The Morgan fingerprint density at radius 3 is 2.62 bits per heavy atom. The molecule has 0 heterocycles. The van der Waals surface area contributed by atoms with Crippen molar-refractivity contribution in [1.29, 1.82) is 0 Å². The summed E-state index contributed by atoms with van der Waals surface area (Å²) in [5.41, 5.74) is 2.95. The minimum Gasteiger partial charge on any atom is -0.348 e. The van der Waals surface area contributed by atoms with E-state index < -0.39 is 0 Å². The smallest absolute Gasteiger partial charge is 0.251 e. The number of halogens is 1. The summed E-state index contributed by atoms with van der Waals surface area (Å²) in [5.74, 6) is -0.468. The summed E-state index contributed by atoms with van der Waals surface area (Å²) in [5, 5.41) is 6.22. The number of amides is 2. The van der Waals surface area contributed by atoms with Gasteiger partial charge in [-0.1, -0.05) is 35.9 Å². The van der Waals surface area contributed by atoms with Crippen molar-refractivity contribution < 1.29 is 9.59 Å². The Labute approximate surface area is 146 Å². The quantitative estimate of drug-likeness (QED) is 0.896. The van der Waals surface area contributed by atoms with Gasteiger partial charge in [-0.2, -0.15) is 0 Å². The Morgan fingerprint density at radius 2 is 1.83 bits per heavy atom. The number of carbonyl (C=O) groups excluding carboxylic acids is 2. The topological polar surface area (TPSA) is 58.2 Å². The fourth-order valence-corrected chi connectivity index (χ4v) is 3.14. The number of aryl methyl sites for hydroxylation is 1. The monoisotopic (exact) mass is 342 g/mol. The molecule has 4 nitrogen and oxygen atoms in total. The fourth-order valence-electron chi connectivity index (χ4n) is 3.01. The second kappa shape index (κ2) is 7.49. The van der Waals surface area contributed by atoms with E-state index in [1.54, 1.807) is 24.3 Å². The van der Waals surface area contributed by atoms with E-state index >= 15 is 0 Å². The van der Waals surface area contributed by atoms with E-state index in [0.29, 0.717) is 10.6 Å². The van der Waals surface area contributed by atoms with Crippen LogP contribution in [0, 0.1) is 0 Å². The Balaban J connectivity index is 1.55. The summed E-state index contributed by atoms with van der Waals surface area (Å²) in [6, 6.07) is 14.8. The molecular formula is C19H19ClN2O2. The predicted octanol–water partition coefficient (Wildman–Crippen LogP) is 3.26. The fraction of sp³-hybridized carbons (Fsp3) is 0.263. The number of hydrogen-bond acceptors (Lipinski definition) is 2. The highest BCUT2D eigenvalue weighted by Gasteiger charge is 2.21. The maximum absolute atomic E-state index is 12.2. The van der Waals surface area contributed by atoms with Crippen LogP contribution in [0.15, 0.2) is 48.5 Å². The zero-order chi connectivity index (χ0) is 16.9. The van der Waals surface area contributed by atoms with Gasteiger partial charge in [0.1, 0.15) is 0 Å². The molecule has 2 aromatic carbocycles. The molecule has 0 spiro atoms. The molecule has 0 saturated heterocycles. The Morgan fingerprint density at radius 1 is 1.08 bits per heavy atom. The third kappa shape index (κ3) is 3.95. The molecular weight excluding hydrogens is 324 g/mol. The van der Waals surface area contributed by atoms with Crippen LogP contribution in [0.5, 0.6) is 0 Å². The lowest BCUT2D eigenvalue weighted by Gasteiger charge is -2.26. The maximum Gasteiger partial charge on any atom is 0.251 e. The molecule has 5 heteroatoms. The van der Waals surface area contributed by atoms with Gasteiger partial charge in [0.05, 0.1) is 12.6 Å². The van der Waals surface area contributed by atoms with Gasteiger partial charge in [-0.05, 0) is 54.7 Å². The van der Waals surface area contributed by atoms with Gasteiger partial charge in [0.25, 0.3) is 5.91 Å². The molecule has 2 N–H and O–H groups in total. The van der Waals surface area contributed by atoms with Crippen LogP contribution in [0.4, 0.5) is 0 Å². The van der Waals surface area contributed by atoms with Crippen molar-refractivity contribution >= 4 is 23.4 Å². The van der Waals surface area contributed by atoms with Gasteiger partial charge in [-0.25, -0.2) is 0 Å². The SMILES string of the molecule is O=C(CNC(=O)c1ccc(Cl)cc1)N[C@@H]1CCCc2ccccc21. The highest BCUT2D eigenvalue weighted by atomic mass is 35.5. The van der Waals surface area contributed by atoms with Crippen molar-refractivity contribution in [2.75, 3.05) is 6.54 Å². The van der Waals surface area contributed by atoms with Crippen LogP contribution in [0.25, 0.3) is 0 Å². The van der Waals surface area contributed by atoms with Gasteiger partial charge < -0.3 is 10.6 Å². The summed E-state index contributed by atoms with van der Waals surface area (Å²) >= 11 is 5.80. The number of rotatable bonds is 4. The molecule has 0 unspecified atom stereocenters. The van der Waals surface area contributed by atoms with E-state index in [4.69, 9.17) is 11.6 Å². The first-order chi connectivity index (χ1) is 11.6. The first-order valence-electron chi connectivity index (χ1n) is 8.04. The van der Waals surface area contributed by atoms with Gasteiger partial charge in [0.15, 0.2) is 0 Å². The van der Waals surface area contributed by atoms with Crippen LogP contribution < -0.4 is 10.6 Å². The third-order valence-corrected chi connectivity index (χ3v) is 4.47. The molecule has 0 aliphatic heterocycles. The maximum atomic E-state index is 12.2. The van der Waals surface area contributed by atoms with Gasteiger partial charge >= 0.3 is 0 Å². The van der Waals surface area contributed by atoms with Crippen LogP contribution in [0.3, 0.4) is 0 Å². The lowest BCUT2D eigenvalue weighted by Crippen LogP contribution is -2.39. The molecule has 0 saturated carbocycles. The lowest BCUT2D eigenvalue weighted by atomic mass is 9.88. The number of carbonyl (C=O) groups is 2. The molecule has 1 aliphatic carbocycles. The molecule has 0 bridgehead atoms. The summed E-state index contributed by atoms with van der Waals surface area (Å²) in [7, 11) is 0. The summed E-state index contributed by atoms with van der Waals surface area (Å²) in [6.45, 7) is -0.0415. The molecule has 2 amide bonds. The van der Waals surface area contributed by atoms with E-state index in [1.807, 2.05) is 12.1 Å². The zero-order valence-corrected chi connectivity index (χ0v) is 14.0. The normalized spacial score (nSPS) is 16.1. The molecule has 24 heavy (non-hydrogen) atoms. The van der Waals surface area contributed by atoms with Crippen LogP contribution in [0.2, 0.25) is 5.02 Å². The van der Waals surface area contributed by atoms with Gasteiger partial charge in [-0.15, -0.1) is 0 Å². The van der Waals surface area contributed by atoms with E-state index in [9.17, 15) is 9.59 Å². The molecule has 1 aliphatic rings. The van der Waals surface area contributed by atoms with Crippen LogP contribution in [0.1, 0.15) is 40.4 Å². The highest BCUT2D eigenvalue weighted by molar-refractivity contribution is 6.30. The average Bonchev–Trinajstić information content (AvgIpc) is 2.61. The number of fused-ring (bicyclic) bond motifs is 1. The van der Waals surface area contributed by atoms with E-state index in [0.717, 1.165) is 19.3 Å². The zero-order valence-electron chi connectivity index (χ0n) is 13.2. The minimum absolute atomic E-state index is 0.0230. The molecule has 2 aromatic rings. The second-order valence-electron chi connectivity index (χ2n) is 5.90. The van der Waals surface area contributed by atoms with E-state index in [-0.39, 0.29) is 24.4 Å². The summed E-state index contributed by atoms with van der Waals surface area (Å²) in [4.78, 5) is 24.2. The first-order valence-corrected chi connectivity index (χ1v) is 8.42. The van der Waals surface area contributed by atoms with Crippen LogP contribution in [-0.2, 0) is 11.2 Å². The first kappa shape index (κ1) is 16.5. The minimum atomic E-state index is -0.286. The second-order valence-corrected chi connectivity index (χ2v) is 6.34. The Bertz CT molecular complexity index is 743. The van der Waals surface area contributed by atoms with Crippen molar-refractivity contribution in [3.63, 3.8) is 0 Å². The molecule has 3 rings (SSSR count). The van der Waals surface area contributed by atoms with Gasteiger partial charge in [0, 0.05) is 10.6 Å². The lowest BCUT2D eigenvalue weighted by molar-refractivity contribution is -0.121. The molecule has 0 fully saturated rings. The predicted molar refractivity (Wildman–Crippen MR) is 94.0 cm³/mol. The van der Waals surface area contributed by atoms with E-state index in [1.165, 1.54) is 11.1 Å². The molecule has 1 atom stereocenters. The van der Waals surface area contributed by atoms with Crippen LogP contribution >= 0.6 is 11.6 Å². The largest absolute Gasteiger partial charge is 0.348 e. The average molecular weight is 343 g/mol. The van der Waals surface area contributed by atoms with Gasteiger partial charge in [0.2, 0.25) is 5.91 Å². The van der Waals surface area contributed by atoms with Crippen LogP contribution in [-0.4, -0.2) is 18.4 Å². The van der Waals surface area contributed by atoms with Crippen molar-refractivity contribution in [3.8, 4) is 0 Å². The van der Waals surface area contributed by atoms with Gasteiger partial charge in [-0.3, -0.25) is 9.59 Å². The molecule has 124 valence electrons. The van der Waals surface area contributed by atoms with Crippen molar-refractivity contribution in [2.24, 2.45) is 0 Å². The van der Waals surface area contributed by atoms with Crippen molar-refractivity contribution in [2.45, 2.75) is 25.3 Å². The molecule has 0 radical (unpaired) electrons. The summed E-state index contributed by atoms with van der Waals surface area (Å²) in [6.07, 6.45) is 3.03. The Kier molecular flexibility index (Phi) is 5.16. The number of hydrogen-bond donors (Lipinski definition) is 2. The third-order valence-electron chi connectivity index (χ3n) is 4.22. The van der Waals surface area contributed by atoms with E-state index in [2.05, 4.69) is 22.8 Å². The number of nitrogens with one attached hydrogen (secondary N) is 2. The molecule has 0 aromatic heterocycles. The Hall–Kier alpha value is -2.33. The number of benzene rings is 2. The van der Waals surface area contributed by atoms with Crippen molar-refractivity contribution in [1.82, 2.24) is 10.6 Å².